The molecule has 1 saturated heterocycles. The highest BCUT2D eigenvalue weighted by molar-refractivity contribution is 7.13. The molecule has 1 saturated carbocycles. The highest BCUT2D eigenvalue weighted by atomic mass is 32.1. The van der Waals surface area contributed by atoms with Crippen LogP contribution in [0.25, 0.3) is 10.6 Å². The minimum Gasteiger partial charge on any atom is -0.497 e. The van der Waals surface area contributed by atoms with Crippen molar-refractivity contribution < 1.29 is 14.3 Å². The van der Waals surface area contributed by atoms with Crippen LogP contribution in [-0.2, 0) is 4.79 Å². The Morgan fingerprint density at radius 3 is 2.43 bits per heavy atom. The Hall–Kier alpha value is -2.41. The summed E-state index contributed by atoms with van der Waals surface area (Å²) in [6.45, 7) is 1.31. The molecule has 7 heteroatoms. The van der Waals surface area contributed by atoms with E-state index in [1.54, 1.807) is 7.11 Å². The molecule has 1 N–H and O–H groups in total. The number of nitrogens with one attached hydrogen (secondary N) is 1. The molecule has 0 bridgehead atoms. The zero-order chi connectivity index (χ0) is 20.9. The number of thiazole rings is 1. The lowest BCUT2D eigenvalue weighted by atomic mass is 9.88. The molecule has 2 amide bonds. The van der Waals surface area contributed by atoms with Gasteiger partial charge in [-0.1, -0.05) is 19.3 Å². The fourth-order valence-corrected chi connectivity index (χ4v) is 5.11. The van der Waals surface area contributed by atoms with Gasteiger partial charge in [0.05, 0.1) is 7.11 Å². The lowest BCUT2D eigenvalue weighted by Crippen LogP contribution is -2.48. The van der Waals surface area contributed by atoms with Crippen molar-refractivity contribution in [2.24, 2.45) is 5.92 Å². The summed E-state index contributed by atoms with van der Waals surface area (Å²) in [5.41, 5.74) is 1.47. The molecular formula is C23H29N3O3S. The van der Waals surface area contributed by atoms with Crippen LogP contribution in [-0.4, -0.2) is 47.9 Å². The van der Waals surface area contributed by atoms with Gasteiger partial charge in [-0.3, -0.25) is 9.59 Å². The molecule has 0 radical (unpaired) electrons. The van der Waals surface area contributed by atoms with E-state index in [1.807, 2.05) is 34.5 Å². The molecule has 1 aliphatic carbocycles. The number of carbonyl (C=O) groups is 2. The van der Waals surface area contributed by atoms with Crippen LogP contribution >= 0.6 is 11.3 Å². The highest BCUT2D eigenvalue weighted by Crippen LogP contribution is 2.27. The van der Waals surface area contributed by atoms with E-state index in [4.69, 9.17) is 4.74 Å². The number of nitrogens with zero attached hydrogens (tertiary/aromatic N) is 2. The molecule has 0 atom stereocenters. The minimum absolute atomic E-state index is 0.0249. The van der Waals surface area contributed by atoms with Gasteiger partial charge >= 0.3 is 0 Å². The van der Waals surface area contributed by atoms with Crippen LogP contribution in [0.2, 0.25) is 0 Å². The van der Waals surface area contributed by atoms with E-state index < -0.39 is 0 Å². The van der Waals surface area contributed by atoms with Crippen molar-refractivity contribution in [2.75, 3.05) is 20.2 Å². The second kappa shape index (κ2) is 9.60. The maximum atomic E-state index is 12.9. The Morgan fingerprint density at radius 1 is 1.07 bits per heavy atom. The van der Waals surface area contributed by atoms with Crippen molar-refractivity contribution in [1.29, 1.82) is 0 Å². The minimum atomic E-state index is -0.0249. The molecular weight excluding hydrogens is 398 g/mol. The summed E-state index contributed by atoms with van der Waals surface area (Å²) in [5, 5.41) is 5.88. The number of benzene rings is 1. The second-order valence-corrected chi connectivity index (χ2v) is 9.03. The Balaban J connectivity index is 1.30. The average Bonchev–Trinajstić information content (AvgIpc) is 3.30. The standard InChI is InChI=1S/C23H29N3O3S/c1-29-19-9-7-17(8-10-19)22-25-20(15-30-22)23(28)26-13-11-18(12-14-26)24-21(27)16-5-3-2-4-6-16/h7-10,15-16,18H,2-6,11-14H2,1H3,(H,24,27). The zero-order valence-electron chi connectivity index (χ0n) is 17.4. The molecule has 1 aromatic heterocycles. The molecule has 0 unspecified atom stereocenters. The van der Waals surface area contributed by atoms with Crippen LogP contribution in [0.5, 0.6) is 5.75 Å². The summed E-state index contributed by atoms with van der Waals surface area (Å²) in [6.07, 6.45) is 7.22. The van der Waals surface area contributed by atoms with Gasteiger partial charge in [0, 0.05) is 36.0 Å². The maximum absolute atomic E-state index is 12.9. The number of rotatable bonds is 5. The molecule has 6 nitrogen and oxygen atoms in total. The predicted octanol–water partition coefficient (Wildman–Crippen LogP) is 4.12. The normalized spacial score (nSPS) is 18.2. The number of piperidine rings is 1. The molecule has 1 aliphatic heterocycles. The molecule has 2 fully saturated rings. The number of aromatic nitrogens is 1. The first-order valence-corrected chi connectivity index (χ1v) is 11.7. The van der Waals surface area contributed by atoms with Gasteiger partial charge in [0.1, 0.15) is 16.5 Å². The first-order valence-electron chi connectivity index (χ1n) is 10.8. The Bertz CT molecular complexity index is 866. The van der Waals surface area contributed by atoms with E-state index in [-0.39, 0.29) is 23.8 Å². The Labute approximate surface area is 181 Å². The fourth-order valence-electron chi connectivity index (χ4n) is 4.31. The molecule has 2 heterocycles. The summed E-state index contributed by atoms with van der Waals surface area (Å²) in [7, 11) is 1.64. The number of hydrogen-bond donors (Lipinski definition) is 1. The lowest BCUT2D eigenvalue weighted by molar-refractivity contribution is -0.126. The molecule has 160 valence electrons. The van der Waals surface area contributed by atoms with Gasteiger partial charge in [-0.25, -0.2) is 4.98 Å². The van der Waals surface area contributed by atoms with E-state index in [2.05, 4.69) is 10.3 Å². The van der Waals surface area contributed by atoms with Crippen LogP contribution in [0.1, 0.15) is 55.4 Å². The van der Waals surface area contributed by atoms with Crippen molar-refractivity contribution in [3.8, 4) is 16.3 Å². The molecule has 4 rings (SSSR count). The molecule has 2 aliphatic rings. The highest BCUT2D eigenvalue weighted by Gasteiger charge is 2.28. The monoisotopic (exact) mass is 427 g/mol. The smallest absolute Gasteiger partial charge is 0.273 e. The van der Waals surface area contributed by atoms with Crippen molar-refractivity contribution in [3.05, 3.63) is 35.3 Å². The number of amides is 2. The van der Waals surface area contributed by atoms with Crippen molar-refractivity contribution in [2.45, 2.75) is 51.0 Å². The van der Waals surface area contributed by atoms with Crippen LogP contribution in [0.4, 0.5) is 0 Å². The van der Waals surface area contributed by atoms with Crippen LogP contribution in [0, 0.1) is 5.92 Å². The Morgan fingerprint density at radius 2 is 1.77 bits per heavy atom. The average molecular weight is 428 g/mol. The summed E-state index contributed by atoms with van der Waals surface area (Å²) in [4.78, 5) is 31.8. The van der Waals surface area contributed by atoms with Gasteiger partial charge in [0.25, 0.3) is 5.91 Å². The molecule has 2 aromatic rings. The van der Waals surface area contributed by atoms with Gasteiger partial charge in [-0.2, -0.15) is 0 Å². The van der Waals surface area contributed by atoms with Gasteiger partial charge < -0.3 is 15.0 Å². The van der Waals surface area contributed by atoms with Crippen molar-refractivity contribution >= 4 is 23.2 Å². The molecule has 30 heavy (non-hydrogen) atoms. The van der Waals surface area contributed by atoms with Crippen molar-refractivity contribution in [3.63, 3.8) is 0 Å². The number of carbonyl (C=O) groups excluding carboxylic acids is 2. The number of hydrogen-bond acceptors (Lipinski definition) is 5. The maximum Gasteiger partial charge on any atom is 0.273 e. The van der Waals surface area contributed by atoms with E-state index in [1.165, 1.54) is 17.8 Å². The van der Waals surface area contributed by atoms with Gasteiger partial charge in [0.15, 0.2) is 0 Å². The van der Waals surface area contributed by atoms with Crippen LogP contribution in [0.15, 0.2) is 29.6 Å². The largest absolute Gasteiger partial charge is 0.497 e. The summed E-state index contributed by atoms with van der Waals surface area (Å²) < 4.78 is 5.19. The SMILES string of the molecule is COc1ccc(-c2nc(C(=O)N3CCC(NC(=O)C4CCCCC4)CC3)cs2)cc1. The van der Waals surface area contributed by atoms with Crippen LogP contribution < -0.4 is 10.1 Å². The van der Waals surface area contributed by atoms with Crippen molar-refractivity contribution in [1.82, 2.24) is 15.2 Å². The molecule has 1 aromatic carbocycles. The predicted molar refractivity (Wildman–Crippen MR) is 118 cm³/mol. The van der Waals surface area contributed by atoms with Gasteiger partial charge in [0.2, 0.25) is 5.91 Å². The number of methoxy groups -OCH3 is 1. The third kappa shape index (κ3) is 4.83. The first kappa shape index (κ1) is 20.8. The van der Waals surface area contributed by atoms with E-state index in [9.17, 15) is 9.59 Å². The van der Waals surface area contributed by atoms with Gasteiger partial charge in [-0.05, 0) is 49.9 Å². The lowest BCUT2D eigenvalue weighted by Gasteiger charge is -2.33. The third-order valence-electron chi connectivity index (χ3n) is 6.16. The van der Waals surface area contributed by atoms with E-state index in [0.717, 1.165) is 54.8 Å². The summed E-state index contributed by atoms with van der Waals surface area (Å²) in [5.74, 6) is 1.17. The summed E-state index contributed by atoms with van der Waals surface area (Å²) >= 11 is 1.48. The molecule has 0 spiro atoms. The third-order valence-corrected chi connectivity index (χ3v) is 7.06. The topological polar surface area (TPSA) is 71.5 Å². The Kier molecular flexibility index (Phi) is 6.67. The van der Waals surface area contributed by atoms with Gasteiger partial charge in [-0.15, -0.1) is 11.3 Å². The zero-order valence-corrected chi connectivity index (χ0v) is 18.2. The second-order valence-electron chi connectivity index (χ2n) is 8.18. The van der Waals surface area contributed by atoms with Crippen LogP contribution in [0.3, 0.4) is 0 Å². The quantitative estimate of drug-likeness (QED) is 0.779. The summed E-state index contributed by atoms with van der Waals surface area (Å²) in [6, 6.07) is 7.86. The van der Waals surface area contributed by atoms with E-state index in [0.29, 0.717) is 18.8 Å². The number of likely N-dealkylation sites (tertiary alicyclic amines) is 1. The first-order chi connectivity index (χ1) is 14.6. The number of ether oxygens (including phenoxy) is 1. The van der Waals surface area contributed by atoms with E-state index >= 15 is 0 Å². The fraction of sp³-hybridized carbons (Fsp3) is 0.522.